The van der Waals surface area contributed by atoms with E-state index in [0.29, 0.717) is 5.15 Å². The molecule has 13 heavy (non-hydrogen) atoms. The van der Waals surface area contributed by atoms with Gasteiger partial charge < -0.3 is 0 Å². The molecule has 0 spiro atoms. The van der Waals surface area contributed by atoms with E-state index in [1.165, 1.54) is 0 Å². The average molecular weight is 194 g/mol. The monoisotopic (exact) mass is 193 g/mol. The van der Waals surface area contributed by atoms with Crippen LogP contribution in [0.25, 0.3) is 0 Å². The van der Waals surface area contributed by atoms with Crippen LogP contribution in [0.1, 0.15) is 25.1 Å². The largest absolute Gasteiger partial charge is 0.241 e. The normalized spacial score (nSPS) is 11.0. The molecule has 1 aromatic rings. The van der Waals surface area contributed by atoms with Gasteiger partial charge in [-0.2, -0.15) is 0 Å². The molecule has 0 aliphatic heterocycles. The van der Waals surface area contributed by atoms with Gasteiger partial charge in [0.1, 0.15) is 5.15 Å². The number of rotatable bonds is 1. The Morgan fingerprint density at radius 2 is 2.08 bits per heavy atom. The highest BCUT2D eigenvalue weighted by molar-refractivity contribution is 6.29. The fraction of sp³-hybridized carbons (Fsp3) is 0.364. The number of hydrogen-bond donors (Lipinski definition) is 0. The van der Waals surface area contributed by atoms with E-state index in [4.69, 9.17) is 18.0 Å². The Morgan fingerprint density at radius 3 is 2.54 bits per heavy atom. The molecule has 0 saturated carbocycles. The van der Waals surface area contributed by atoms with Gasteiger partial charge in [0, 0.05) is 5.69 Å². The first-order valence-corrected chi connectivity index (χ1v) is 4.46. The van der Waals surface area contributed by atoms with Gasteiger partial charge in [-0.3, -0.25) is 0 Å². The minimum absolute atomic E-state index is 0.280. The number of pyridine rings is 1. The SMILES string of the molecule is C#CC(C)(C)c1cc(C)nc(Cl)c1. The molecule has 0 radical (unpaired) electrons. The zero-order chi connectivity index (χ0) is 10.1. The summed E-state index contributed by atoms with van der Waals surface area (Å²) in [5, 5.41) is 0.498. The zero-order valence-electron chi connectivity index (χ0n) is 8.06. The van der Waals surface area contributed by atoms with Crippen molar-refractivity contribution in [3.63, 3.8) is 0 Å². The van der Waals surface area contributed by atoms with Crippen molar-refractivity contribution in [3.05, 3.63) is 28.5 Å². The smallest absolute Gasteiger partial charge is 0.129 e. The maximum atomic E-state index is 5.83. The molecule has 0 fully saturated rings. The summed E-state index contributed by atoms with van der Waals surface area (Å²) in [6.45, 7) is 5.87. The van der Waals surface area contributed by atoms with Gasteiger partial charge in [-0.1, -0.05) is 17.5 Å². The molecule has 0 aliphatic carbocycles. The van der Waals surface area contributed by atoms with Crippen molar-refractivity contribution in [3.8, 4) is 12.3 Å². The van der Waals surface area contributed by atoms with Gasteiger partial charge in [-0.25, -0.2) is 4.98 Å². The second kappa shape index (κ2) is 3.40. The van der Waals surface area contributed by atoms with Gasteiger partial charge in [0.15, 0.2) is 0 Å². The first-order chi connectivity index (χ1) is 5.95. The van der Waals surface area contributed by atoms with Gasteiger partial charge in [0.25, 0.3) is 0 Å². The van der Waals surface area contributed by atoms with Crippen molar-refractivity contribution in [2.75, 3.05) is 0 Å². The summed E-state index contributed by atoms with van der Waals surface area (Å²) >= 11 is 5.83. The summed E-state index contributed by atoms with van der Waals surface area (Å²) in [7, 11) is 0. The predicted octanol–water partition coefficient (Wildman–Crippen LogP) is 2.95. The predicted molar refractivity (Wildman–Crippen MR) is 55.8 cm³/mol. The third kappa shape index (κ3) is 2.23. The Labute approximate surface area is 84.1 Å². The molecule has 1 nitrogen and oxygen atoms in total. The van der Waals surface area contributed by atoms with Crippen LogP contribution in [0.2, 0.25) is 5.15 Å². The number of nitrogens with zero attached hydrogens (tertiary/aromatic N) is 1. The fourth-order valence-electron chi connectivity index (χ4n) is 1.07. The highest BCUT2D eigenvalue weighted by Gasteiger charge is 2.17. The molecule has 68 valence electrons. The van der Waals surface area contributed by atoms with Crippen LogP contribution in [0.3, 0.4) is 0 Å². The second-order valence-corrected chi connectivity index (χ2v) is 3.98. The molecule has 0 N–H and O–H groups in total. The van der Waals surface area contributed by atoms with E-state index in [-0.39, 0.29) is 5.41 Å². The molecule has 1 rings (SSSR count). The molecule has 2 heteroatoms. The molecule has 0 atom stereocenters. The Bertz CT molecular complexity index is 341. The summed E-state index contributed by atoms with van der Waals surface area (Å²) in [6, 6.07) is 3.78. The lowest BCUT2D eigenvalue weighted by molar-refractivity contribution is 0.696. The van der Waals surface area contributed by atoms with Crippen LogP contribution in [-0.2, 0) is 5.41 Å². The van der Waals surface area contributed by atoms with Crippen molar-refractivity contribution in [2.24, 2.45) is 0 Å². The minimum atomic E-state index is -0.280. The first kappa shape index (κ1) is 10.1. The van der Waals surface area contributed by atoms with Gasteiger partial charge in [-0.15, -0.1) is 6.42 Å². The number of halogens is 1. The van der Waals surface area contributed by atoms with E-state index in [1.807, 2.05) is 32.9 Å². The third-order valence-corrected chi connectivity index (χ3v) is 2.20. The van der Waals surface area contributed by atoms with E-state index in [1.54, 1.807) is 0 Å². The first-order valence-electron chi connectivity index (χ1n) is 4.08. The van der Waals surface area contributed by atoms with E-state index in [0.717, 1.165) is 11.3 Å². The van der Waals surface area contributed by atoms with Gasteiger partial charge in [-0.05, 0) is 38.5 Å². The molecule has 0 saturated heterocycles. The van der Waals surface area contributed by atoms with Gasteiger partial charge in [0.05, 0.1) is 5.41 Å². The number of aromatic nitrogens is 1. The van der Waals surface area contributed by atoms with Crippen molar-refractivity contribution >= 4 is 11.6 Å². The molecular formula is C11H12ClN. The number of aryl methyl sites for hydroxylation is 1. The van der Waals surface area contributed by atoms with Crippen molar-refractivity contribution < 1.29 is 0 Å². The lowest BCUT2D eigenvalue weighted by Gasteiger charge is -2.18. The maximum absolute atomic E-state index is 5.83. The van der Waals surface area contributed by atoms with Crippen molar-refractivity contribution in [1.82, 2.24) is 4.98 Å². The van der Waals surface area contributed by atoms with Crippen molar-refractivity contribution in [2.45, 2.75) is 26.2 Å². The number of hydrogen-bond acceptors (Lipinski definition) is 1. The van der Waals surface area contributed by atoms with E-state index in [9.17, 15) is 0 Å². The molecule has 0 aromatic carbocycles. The Balaban J connectivity index is 3.25. The van der Waals surface area contributed by atoms with E-state index < -0.39 is 0 Å². The van der Waals surface area contributed by atoms with Crippen LogP contribution >= 0.6 is 11.6 Å². The highest BCUT2D eigenvalue weighted by atomic mass is 35.5. The third-order valence-electron chi connectivity index (χ3n) is 2.00. The lowest BCUT2D eigenvalue weighted by Crippen LogP contribution is -2.14. The molecule has 0 bridgehead atoms. The molecular weight excluding hydrogens is 182 g/mol. The Kier molecular flexibility index (Phi) is 2.63. The maximum Gasteiger partial charge on any atom is 0.129 e. The second-order valence-electron chi connectivity index (χ2n) is 3.59. The molecule has 0 aliphatic rings. The quantitative estimate of drug-likeness (QED) is 0.494. The average Bonchev–Trinajstić information content (AvgIpc) is 2.02. The zero-order valence-corrected chi connectivity index (χ0v) is 8.81. The molecule has 0 unspecified atom stereocenters. The van der Waals surface area contributed by atoms with Crippen LogP contribution in [0.15, 0.2) is 12.1 Å². The van der Waals surface area contributed by atoms with E-state index >= 15 is 0 Å². The summed E-state index contributed by atoms with van der Waals surface area (Å²) < 4.78 is 0. The summed E-state index contributed by atoms with van der Waals surface area (Å²) in [6.07, 6.45) is 5.42. The van der Waals surface area contributed by atoms with Crippen LogP contribution in [-0.4, -0.2) is 4.98 Å². The Hall–Kier alpha value is -1.00. The minimum Gasteiger partial charge on any atom is -0.241 e. The summed E-state index contributed by atoms with van der Waals surface area (Å²) in [5.41, 5.74) is 1.65. The number of terminal acetylenes is 1. The summed E-state index contributed by atoms with van der Waals surface area (Å²) in [5.74, 6) is 2.73. The highest BCUT2D eigenvalue weighted by Crippen LogP contribution is 2.24. The Morgan fingerprint density at radius 1 is 1.46 bits per heavy atom. The van der Waals surface area contributed by atoms with Crippen molar-refractivity contribution in [1.29, 1.82) is 0 Å². The van der Waals surface area contributed by atoms with Crippen LogP contribution in [0.4, 0.5) is 0 Å². The summed E-state index contributed by atoms with van der Waals surface area (Å²) in [4.78, 5) is 4.08. The van der Waals surface area contributed by atoms with Gasteiger partial charge in [0.2, 0.25) is 0 Å². The van der Waals surface area contributed by atoms with Crippen LogP contribution < -0.4 is 0 Å². The van der Waals surface area contributed by atoms with Gasteiger partial charge >= 0.3 is 0 Å². The molecule has 0 amide bonds. The molecule has 1 aromatic heterocycles. The van der Waals surface area contributed by atoms with Crippen LogP contribution in [0, 0.1) is 19.3 Å². The standard InChI is InChI=1S/C11H12ClN/c1-5-11(3,4)9-6-8(2)13-10(12)7-9/h1,6-7H,2-4H3. The van der Waals surface area contributed by atoms with Crippen LogP contribution in [0.5, 0.6) is 0 Å². The fourth-order valence-corrected chi connectivity index (χ4v) is 1.32. The lowest BCUT2D eigenvalue weighted by atomic mass is 9.86. The topological polar surface area (TPSA) is 12.9 Å². The molecule has 1 heterocycles. The van der Waals surface area contributed by atoms with E-state index in [2.05, 4.69) is 10.9 Å².